The van der Waals surface area contributed by atoms with Crippen LogP contribution in [0.2, 0.25) is 0 Å². The van der Waals surface area contributed by atoms with E-state index in [0.717, 1.165) is 47.7 Å². The first-order valence-corrected chi connectivity index (χ1v) is 9.05. The van der Waals surface area contributed by atoms with Crippen LogP contribution < -0.4 is 4.74 Å². The second-order valence-electron chi connectivity index (χ2n) is 6.76. The van der Waals surface area contributed by atoms with Gasteiger partial charge in [-0.05, 0) is 25.8 Å². The summed E-state index contributed by atoms with van der Waals surface area (Å²) in [6.07, 6.45) is 3.89. The van der Waals surface area contributed by atoms with Gasteiger partial charge in [0.05, 0.1) is 42.7 Å². The lowest BCUT2D eigenvalue weighted by Gasteiger charge is -2.25. The molecule has 0 unspecified atom stereocenters. The molecular weight excluding hydrogens is 344 g/mol. The Morgan fingerprint density at radius 1 is 1.41 bits per heavy atom. The van der Waals surface area contributed by atoms with Crippen molar-refractivity contribution in [3.63, 3.8) is 0 Å². The zero-order valence-electron chi connectivity index (χ0n) is 15.4. The second-order valence-corrected chi connectivity index (χ2v) is 6.76. The predicted octanol–water partition coefficient (Wildman–Crippen LogP) is 3.29. The number of aromatic amines is 1. The zero-order valence-corrected chi connectivity index (χ0v) is 15.4. The maximum absolute atomic E-state index is 13.0. The van der Waals surface area contributed by atoms with Gasteiger partial charge < -0.3 is 14.2 Å². The van der Waals surface area contributed by atoms with Gasteiger partial charge in [0.25, 0.3) is 0 Å². The van der Waals surface area contributed by atoms with Crippen molar-refractivity contribution < 1.29 is 14.1 Å². The lowest BCUT2D eigenvalue weighted by molar-refractivity contribution is -0.131. The molecule has 27 heavy (non-hydrogen) atoms. The number of aromatic nitrogens is 3. The quantitative estimate of drug-likeness (QED) is 0.749. The highest BCUT2D eigenvalue weighted by Crippen LogP contribution is 2.37. The fourth-order valence-electron chi connectivity index (χ4n) is 3.72. The van der Waals surface area contributed by atoms with E-state index in [1.807, 2.05) is 42.2 Å². The molecule has 1 fully saturated rings. The topological polar surface area (TPSA) is 84.2 Å². The third-order valence-corrected chi connectivity index (χ3v) is 5.00. The molecule has 1 amide bonds. The number of nitrogens with one attached hydrogen (secondary N) is 1. The van der Waals surface area contributed by atoms with Crippen molar-refractivity contribution in [1.82, 2.24) is 20.3 Å². The monoisotopic (exact) mass is 366 g/mol. The number of methoxy groups -OCH3 is 1. The Morgan fingerprint density at radius 2 is 2.26 bits per heavy atom. The van der Waals surface area contributed by atoms with Gasteiger partial charge in [-0.2, -0.15) is 5.10 Å². The van der Waals surface area contributed by atoms with Crippen LogP contribution in [-0.2, 0) is 11.2 Å². The molecule has 4 rings (SSSR count). The van der Waals surface area contributed by atoms with E-state index in [4.69, 9.17) is 9.26 Å². The highest BCUT2D eigenvalue weighted by Gasteiger charge is 2.33. The summed E-state index contributed by atoms with van der Waals surface area (Å²) in [6.45, 7) is 2.61. The van der Waals surface area contributed by atoms with Crippen LogP contribution in [0.25, 0.3) is 11.3 Å². The summed E-state index contributed by atoms with van der Waals surface area (Å²) in [5, 5.41) is 11.2. The molecule has 1 aliphatic rings. The van der Waals surface area contributed by atoms with E-state index in [0.29, 0.717) is 12.2 Å². The Labute approximate surface area is 157 Å². The molecule has 0 aliphatic carbocycles. The standard InChI is InChI=1S/C20H22N4O3/c1-13-10-18(27-23-13)15-12-21-22-20(15)16-7-5-9-24(16)19(25)11-14-6-3-4-8-17(14)26-2/h3-4,6,8,10,12,16H,5,7,9,11H2,1-2H3,(H,21,22)/t16-/m0/s1. The Balaban J connectivity index is 1.58. The second kappa shape index (κ2) is 7.26. The van der Waals surface area contributed by atoms with Crippen molar-refractivity contribution in [2.24, 2.45) is 0 Å². The molecule has 1 saturated heterocycles. The van der Waals surface area contributed by atoms with Crippen LogP contribution in [0, 0.1) is 6.92 Å². The molecule has 0 saturated carbocycles. The molecule has 0 radical (unpaired) electrons. The maximum atomic E-state index is 13.0. The van der Waals surface area contributed by atoms with Crippen molar-refractivity contribution >= 4 is 5.91 Å². The van der Waals surface area contributed by atoms with Gasteiger partial charge in [-0.1, -0.05) is 23.4 Å². The number of aryl methyl sites for hydroxylation is 1. The summed E-state index contributed by atoms with van der Waals surface area (Å²) in [7, 11) is 1.62. The van der Waals surface area contributed by atoms with Gasteiger partial charge in [0.1, 0.15) is 5.75 Å². The smallest absolute Gasteiger partial charge is 0.227 e. The molecule has 1 aromatic carbocycles. The molecule has 7 heteroatoms. The van der Waals surface area contributed by atoms with Crippen molar-refractivity contribution in [3.05, 3.63) is 53.5 Å². The highest BCUT2D eigenvalue weighted by molar-refractivity contribution is 5.80. The summed E-state index contributed by atoms with van der Waals surface area (Å²) >= 11 is 0. The van der Waals surface area contributed by atoms with Gasteiger partial charge in [-0.25, -0.2) is 0 Å². The number of amides is 1. The normalized spacial score (nSPS) is 16.7. The fraction of sp³-hybridized carbons (Fsp3) is 0.350. The number of carbonyl (C=O) groups excluding carboxylic acids is 1. The van der Waals surface area contributed by atoms with Crippen molar-refractivity contribution in [3.8, 4) is 17.1 Å². The SMILES string of the molecule is COc1ccccc1CC(=O)N1CCC[C@H]1c1[nH]ncc1-c1cc(C)no1. The van der Waals surface area contributed by atoms with Crippen LogP contribution in [0.5, 0.6) is 5.75 Å². The summed E-state index contributed by atoms with van der Waals surface area (Å²) in [5.41, 5.74) is 3.47. The van der Waals surface area contributed by atoms with Crippen LogP contribution in [0.1, 0.15) is 35.8 Å². The molecule has 1 aliphatic heterocycles. The molecule has 140 valence electrons. The van der Waals surface area contributed by atoms with Gasteiger partial charge in [0.2, 0.25) is 5.91 Å². The van der Waals surface area contributed by atoms with Gasteiger partial charge in [0, 0.05) is 18.2 Å². The number of para-hydroxylation sites is 1. The molecule has 0 spiro atoms. The molecule has 3 aromatic rings. The van der Waals surface area contributed by atoms with E-state index in [1.165, 1.54) is 0 Å². The molecule has 3 heterocycles. The molecule has 1 atom stereocenters. The van der Waals surface area contributed by atoms with Crippen molar-refractivity contribution in [2.45, 2.75) is 32.2 Å². The molecule has 2 aromatic heterocycles. The van der Waals surface area contributed by atoms with Crippen LogP contribution in [0.3, 0.4) is 0 Å². The predicted molar refractivity (Wildman–Crippen MR) is 99.2 cm³/mol. The number of hydrogen-bond acceptors (Lipinski definition) is 5. The molecule has 1 N–H and O–H groups in total. The minimum atomic E-state index is -0.0462. The number of hydrogen-bond donors (Lipinski definition) is 1. The van der Waals surface area contributed by atoms with E-state index in [1.54, 1.807) is 13.3 Å². The minimum absolute atomic E-state index is 0.0462. The van der Waals surface area contributed by atoms with E-state index in [-0.39, 0.29) is 11.9 Å². The molecule has 7 nitrogen and oxygen atoms in total. The first-order valence-electron chi connectivity index (χ1n) is 9.05. The lowest BCUT2D eigenvalue weighted by Crippen LogP contribution is -2.32. The van der Waals surface area contributed by atoms with Gasteiger partial charge in [0.15, 0.2) is 5.76 Å². The van der Waals surface area contributed by atoms with E-state index >= 15 is 0 Å². The number of carbonyl (C=O) groups is 1. The summed E-state index contributed by atoms with van der Waals surface area (Å²) in [6, 6.07) is 9.47. The van der Waals surface area contributed by atoms with E-state index < -0.39 is 0 Å². The number of rotatable bonds is 5. The Bertz CT molecular complexity index is 946. The first kappa shape index (κ1) is 17.3. The number of likely N-dealkylation sites (tertiary alicyclic amines) is 1. The summed E-state index contributed by atoms with van der Waals surface area (Å²) in [4.78, 5) is 15.0. The van der Waals surface area contributed by atoms with E-state index in [2.05, 4.69) is 15.4 Å². The maximum Gasteiger partial charge on any atom is 0.227 e. The first-order chi connectivity index (χ1) is 13.2. The Morgan fingerprint density at radius 3 is 3.04 bits per heavy atom. The number of ether oxygens (including phenoxy) is 1. The van der Waals surface area contributed by atoms with Crippen LogP contribution in [0.4, 0.5) is 0 Å². The average molecular weight is 366 g/mol. The summed E-state index contributed by atoms with van der Waals surface area (Å²) < 4.78 is 10.8. The fourth-order valence-corrected chi connectivity index (χ4v) is 3.72. The Kier molecular flexibility index (Phi) is 4.66. The molecular formula is C20H22N4O3. The Hall–Kier alpha value is -3.09. The van der Waals surface area contributed by atoms with Gasteiger partial charge in [-0.15, -0.1) is 0 Å². The lowest BCUT2D eigenvalue weighted by atomic mass is 10.0. The number of H-pyrrole nitrogens is 1. The zero-order chi connectivity index (χ0) is 18.8. The van der Waals surface area contributed by atoms with Crippen LogP contribution in [0.15, 0.2) is 41.1 Å². The van der Waals surface area contributed by atoms with Gasteiger partial charge >= 0.3 is 0 Å². The molecule has 0 bridgehead atoms. The van der Waals surface area contributed by atoms with Crippen molar-refractivity contribution in [1.29, 1.82) is 0 Å². The largest absolute Gasteiger partial charge is 0.496 e. The number of benzene rings is 1. The minimum Gasteiger partial charge on any atom is -0.496 e. The third-order valence-electron chi connectivity index (χ3n) is 5.00. The van der Waals surface area contributed by atoms with Crippen LogP contribution >= 0.6 is 0 Å². The van der Waals surface area contributed by atoms with Crippen LogP contribution in [-0.4, -0.2) is 39.8 Å². The third kappa shape index (κ3) is 3.32. The van der Waals surface area contributed by atoms with E-state index in [9.17, 15) is 4.79 Å². The number of nitrogens with zero attached hydrogens (tertiary/aromatic N) is 3. The van der Waals surface area contributed by atoms with Gasteiger partial charge in [-0.3, -0.25) is 9.89 Å². The average Bonchev–Trinajstić information content (AvgIpc) is 3.41. The summed E-state index contributed by atoms with van der Waals surface area (Å²) in [5.74, 6) is 1.48. The highest BCUT2D eigenvalue weighted by atomic mass is 16.5. The van der Waals surface area contributed by atoms with Crippen molar-refractivity contribution in [2.75, 3.05) is 13.7 Å².